The Balaban J connectivity index is 2.06. The lowest BCUT2D eigenvalue weighted by Gasteiger charge is -2.37. The van der Waals surface area contributed by atoms with Gasteiger partial charge in [0.15, 0.2) is 0 Å². The fraction of sp³-hybridized carbons (Fsp3) is 0.455. The van der Waals surface area contributed by atoms with E-state index < -0.39 is 10.0 Å². The third-order valence-electron chi connectivity index (χ3n) is 2.97. The van der Waals surface area contributed by atoms with E-state index in [1.165, 1.54) is 4.31 Å². The quantitative estimate of drug-likeness (QED) is 0.744. The number of hydrogen-bond acceptors (Lipinski definition) is 4. The average Bonchev–Trinajstić information content (AvgIpc) is 2.19. The maximum atomic E-state index is 12.0. The second-order valence-corrected chi connectivity index (χ2v) is 6.29. The Morgan fingerprint density at radius 3 is 2.59 bits per heavy atom. The van der Waals surface area contributed by atoms with Gasteiger partial charge in [-0.15, -0.1) is 0 Å². The van der Waals surface area contributed by atoms with Crippen LogP contribution in [0.25, 0.3) is 0 Å². The summed E-state index contributed by atoms with van der Waals surface area (Å²) in [6, 6.07) is 6.96. The maximum absolute atomic E-state index is 12.0. The van der Waals surface area contributed by atoms with Crippen molar-refractivity contribution in [2.24, 2.45) is 5.92 Å². The molecule has 17 heavy (non-hydrogen) atoms. The van der Waals surface area contributed by atoms with E-state index in [0.717, 1.165) is 0 Å². The van der Waals surface area contributed by atoms with Crippen molar-refractivity contribution in [3.05, 3.63) is 29.8 Å². The summed E-state index contributed by atoms with van der Waals surface area (Å²) in [5.74, 6) is 0.00978. The van der Waals surface area contributed by atoms with Crippen LogP contribution in [0.15, 0.2) is 24.3 Å². The van der Waals surface area contributed by atoms with Gasteiger partial charge in [-0.25, -0.2) is 12.7 Å². The molecule has 0 aromatic heterocycles. The molecule has 5 nitrogen and oxygen atoms in total. The molecule has 1 aliphatic rings. The summed E-state index contributed by atoms with van der Waals surface area (Å²) in [6.07, 6.45) is 0. The number of nitrogen functional groups attached to an aromatic ring is 1. The predicted molar refractivity (Wildman–Crippen MR) is 65.6 cm³/mol. The molecule has 0 amide bonds. The van der Waals surface area contributed by atoms with Gasteiger partial charge in [0, 0.05) is 31.3 Å². The van der Waals surface area contributed by atoms with Crippen molar-refractivity contribution in [1.29, 1.82) is 0 Å². The number of anilines is 1. The highest BCUT2D eigenvalue weighted by Crippen LogP contribution is 2.23. The molecule has 0 radical (unpaired) electrons. The molecule has 1 aromatic carbocycles. The van der Waals surface area contributed by atoms with Crippen LogP contribution in [0.3, 0.4) is 0 Å². The van der Waals surface area contributed by atoms with E-state index in [-0.39, 0.29) is 18.3 Å². The lowest BCUT2D eigenvalue weighted by Crippen LogP contribution is -2.51. The summed E-state index contributed by atoms with van der Waals surface area (Å²) in [6.45, 7) is 0.858. The van der Waals surface area contributed by atoms with Crippen LogP contribution in [-0.2, 0) is 15.8 Å². The SMILES string of the molecule is Nc1ccccc1CS(=O)(=O)N1CC(CO)C1. The van der Waals surface area contributed by atoms with Gasteiger partial charge in [-0.2, -0.15) is 0 Å². The monoisotopic (exact) mass is 256 g/mol. The minimum Gasteiger partial charge on any atom is -0.398 e. The summed E-state index contributed by atoms with van der Waals surface area (Å²) in [4.78, 5) is 0. The van der Waals surface area contributed by atoms with E-state index in [1.807, 2.05) is 0 Å². The second kappa shape index (κ2) is 4.64. The van der Waals surface area contributed by atoms with Gasteiger partial charge in [0.1, 0.15) is 0 Å². The van der Waals surface area contributed by atoms with Crippen molar-refractivity contribution in [3.8, 4) is 0 Å². The molecule has 3 N–H and O–H groups in total. The molecule has 94 valence electrons. The minimum absolute atomic E-state index is 0.0412. The standard InChI is InChI=1S/C11H16N2O3S/c12-11-4-2-1-3-10(11)8-17(15,16)13-5-9(6-13)7-14/h1-4,9,14H,5-8,12H2. The summed E-state index contributed by atoms with van der Waals surface area (Å²) in [5.41, 5.74) is 6.84. The summed E-state index contributed by atoms with van der Waals surface area (Å²) >= 11 is 0. The van der Waals surface area contributed by atoms with Crippen molar-refractivity contribution in [3.63, 3.8) is 0 Å². The first kappa shape index (κ1) is 12.3. The largest absolute Gasteiger partial charge is 0.398 e. The lowest BCUT2D eigenvalue weighted by atomic mass is 10.1. The number of hydrogen-bond donors (Lipinski definition) is 2. The van der Waals surface area contributed by atoms with Crippen LogP contribution in [0, 0.1) is 5.92 Å². The fourth-order valence-electron chi connectivity index (χ4n) is 1.82. The molecule has 0 spiro atoms. The van der Waals surface area contributed by atoms with Crippen molar-refractivity contribution >= 4 is 15.7 Å². The van der Waals surface area contributed by atoms with Crippen LogP contribution < -0.4 is 5.73 Å². The van der Waals surface area contributed by atoms with Gasteiger partial charge in [0.05, 0.1) is 5.75 Å². The second-order valence-electron chi connectivity index (χ2n) is 4.32. The molecular formula is C11H16N2O3S. The smallest absolute Gasteiger partial charge is 0.218 e. The van der Waals surface area contributed by atoms with E-state index in [4.69, 9.17) is 10.8 Å². The van der Waals surface area contributed by atoms with Crippen molar-refractivity contribution < 1.29 is 13.5 Å². The number of aliphatic hydroxyl groups excluding tert-OH is 1. The molecular weight excluding hydrogens is 240 g/mol. The van der Waals surface area contributed by atoms with E-state index in [1.54, 1.807) is 24.3 Å². The Bertz CT molecular complexity index is 495. The molecule has 0 aliphatic carbocycles. The molecule has 0 bridgehead atoms. The van der Waals surface area contributed by atoms with E-state index in [2.05, 4.69) is 0 Å². The molecule has 1 heterocycles. The highest BCUT2D eigenvalue weighted by atomic mass is 32.2. The van der Waals surface area contributed by atoms with Crippen molar-refractivity contribution in [2.75, 3.05) is 25.4 Å². The number of aliphatic hydroxyl groups is 1. The summed E-state index contributed by atoms with van der Waals surface area (Å²) < 4.78 is 25.4. The highest BCUT2D eigenvalue weighted by Gasteiger charge is 2.35. The molecule has 0 saturated carbocycles. The zero-order chi connectivity index (χ0) is 12.5. The molecule has 1 fully saturated rings. The Labute approximate surface area is 101 Å². The van der Waals surface area contributed by atoms with Gasteiger partial charge >= 0.3 is 0 Å². The first-order valence-corrected chi connectivity index (χ1v) is 7.06. The van der Waals surface area contributed by atoms with Crippen molar-refractivity contribution in [1.82, 2.24) is 4.31 Å². The molecule has 0 atom stereocenters. The number of sulfonamides is 1. The van der Waals surface area contributed by atoms with Crippen LogP contribution in [0.1, 0.15) is 5.56 Å². The van der Waals surface area contributed by atoms with E-state index in [0.29, 0.717) is 24.3 Å². The van der Waals surface area contributed by atoms with Gasteiger partial charge in [-0.05, 0) is 11.6 Å². The fourth-order valence-corrected chi connectivity index (χ4v) is 3.53. The van der Waals surface area contributed by atoms with Crippen LogP contribution >= 0.6 is 0 Å². The average molecular weight is 256 g/mol. The molecule has 1 saturated heterocycles. The third-order valence-corrected chi connectivity index (χ3v) is 4.73. The predicted octanol–water partition coefficient (Wildman–Crippen LogP) is 0.0227. The number of benzene rings is 1. The Morgan fingerprint density at radius 1 is 1.35 bits per heavy atom. The van der Waals surface area contributed by atoms with Gasteiger partial charge in [0.25, 0.3) is 0 Å². The first-order valence-electron chi connectivity index (χ1n) is 5.45. The normalized spacial score (nSPS) is 17.9. The summed E-state index contributed by atoms with van der Waals surface area (Å²) in [5, 5.41) is 8.86. The number of para-hydroxylation sites is 1. The van der Waals surface area contributed by atoms with E-state index in [9.17, 15) is 8.42 Å². The van der Waals surface area contributed by atoms with E-state index >= 15 is 0 Å². The van der Waals surface area contributed by atoms with Crippen molar-refractivity contribution in [2.45, 2.75) is 5.75 Å². The van der Waals surface area contributed by atoms with Crippen LogP contribution in [-0.4, -0.2) is 37.5 Å². The first-order chi connectivity index (χ1) is 8.03. The van der Waals surface area contributed by atoms with Gasteiger partial charge in [0.2, 0.25) is 10.0 Å². The highest BCUT2D eigenvalue weighted by molar-refractivity contribution is 7.88. The van der Waals surface area contributed by atoms with Gasteiger partial charge in [-0.1, -0.05) is 18.2 Å². The van der Waals surface area contributed by atoms with Crippen LogP contribution in [0.5, 0.6) is 0 Å². The maximum Gasteiger partial charge on any atom is 0.218 e. The van der Waals surface area contributed by atoms with Crippen LogP contribution in [0.4, 0.5) is 5.69 Å². The number of nitrogens with zero attached hydrogens (tertiary/aromatic N) is 1. The zero-order valence-corrected chi connectivity index (χ0v) is 10.2. The molecule has 2 rings (SSSR count). The molecule has 6 heteroatoms. The summed E-state index contributed by atoms with van der Waals surface area (Å²) in [7, 11) is -3.30. The number of nitrogens with two attached hydrogens (primary N) is 1. The minimum atomic E-state index is -3.30. The Morgan fingerprint density at radius 2 is 2.00 bits per heavy atom. The van der Waals surface area contributed by atoms with Gasteiger partial charge in [-0.3, -0.25) is 0 Å². The van der Waals surface area contributed by atoms with Gasteiger partial charge < -0.3 is 10.8 Å². The molecule has 1 aromatic rings. The Hall–Kier alpha value is -1.11. The lowest BCUT2D eigenvalue weighted by molar-refractivity contribution is 0.117. The topological polar surface area (TPSA) is 83.6 Å². The molecule has 0 unspecified atom stereocenters. The Kier molecular flexibility index (Phi) is 3.37. The third kappa shape index (κ3) is 2.59. The number of rotatable bonds is 4. The molecule has 1 aliphatic heterocycles. The zero-order valence-electron chi connectivity index (χ0n) is 9.41. The van der Waals surface area contributed by atoms with Crippen LogP contribution in [0.2, 0.25) is 0 Å².